The third kappa shape index (κ3) is 5.04. The Balaban J connectivity index is 2.34. The number of nitrogen functional groups attached to an aromatic ring is 1. The molecule has 1 unspecified atom stereocenters. The molecule has 0 aliphatic rings. The minimum Gasteiger partial charge on any atom is -0.393 e. The molecule has 84 valence electrons. The number of aliphatic hydroxyl groups excluding tert-OH is 1. The molecule has 0 spiro atoms. The number of pyridine rings is 1. The van der Waals surface area contributed by atoms with Crippen LogP contribution in [-0.2, 0) is 6.42 Å². The number of anilines is 1. The zero-order valence-corrected chi connectivity index (χ0v) is 9.83. The maximum absolute atomic E-state index is 9.75. The average molecular weight is 226 g/mol. The quantitative estimate of drug-likeness (QED) is 0.725. The van der Waals surface area contributed by atoms with E-state index < -0.39 is 0 Å². The van der Waals surface area contributed by atoms with Crippen LogP contribution < -0.4 is 5.73 Å². The third-order valence-electron chi connectivity index (χ3n) is 2.12. The van der Waals surface area contributed by atoms with Gasteiger partial charge in [0, 0.05) is 6.20 Å². The van der Waals surface area contributed by atoms with E-state index in [1.807, 2.05) is 23.9 Å². The molecule has 0 bridgehead atoms. The lowest BCUT2D eigenvalue weighted by Crippen LogP contribution is -2.11. The lowest BCUT2D eigenvalue weighted by Gasteiger charge is -2.10. The molecular formula is C11H18N2OS. The van der Waals surface area contributed by atoms with Gasteiger partial charge < -0.3 is 10.8 Å². The standard InChI is InChI=1S/C11H18N2OS/c1-2-15-6-4-10(14)7-9-3-5-13-11(12)8-9/h3,5,8,10,14H,2,4,6-7H2,1H3,(H2,12,13). The second-order valence-corrected chi connectivity index (χ2v) is 4.83. The monoisotopic (exact) mass is 226 g/mol. The Labute approximate surface area is 95.1 Å². The molecule has 0 amide bonds. The van der Waals surface area contributed by atoms with Crippen LogP contribution in [0, 0.1) is 0 Å². The number of nitrogens with zero attached hydrogens (tertiary/aromatic N) is 1. The Kier molecular flexibility index (Phi) is 5.50. The van der Waals surface area contributed by atoms with E-state index in [0.717, 1.165) is 23.5 Å². The van der Waals surface area contributed by atoms with Crippen molar-refractivity contribution in [3.05, 3.63) is 23.9 Å². The van der Waals surface area contributed by atoms with Crippen LogP contribution in [0.3, 0.4) is 0 Å². The molecule has 0 radical (unpaired) electrons. The first-order valence-corrected chi connectivity index (χ1v) is 6.34. The molecule has 0 aliphatic heterocycles. The maximum atomic E-state index is 9.75. The van der Waals surface area contributed by atoms with Gasteiger partial charge >= 0.3 is 0 Å². The summed E-state index contributed by atoms with van der Waals surface area (Å²) in [6, 6.07) is 3.71. The van der Waals surface area contributed by atoms with Gasteiger partial charge in [0.1, 0.15) is 5.82 Å². The minimum atomic E-state index is -0.272. The highest BCUT2D eigenvalue weighted by Crippen LogP contribution is 2.10. The Morgan fingerprint density at radius 3 is 3.07 bits per heavy atom. The highest BCUT2D eigenvalue weighted by molar-refractivity contribution is 7.99. The predicted octanol–water partition coefficient (Wildman–Crippen LogP) is 1.71. The molecule has 4 heteroatoms. The molecule has 1 rings (SSSR count). The normalized spacial score (nSPS) is 12.7. The summed E-state index contributed by atoms with van der Waals surface area (Å²) in [4.78, 5) is 3.91. The van der Waals surface area contributed by atoms with Gasteiger partial charge in [-0.15, -0.1) is 0 Å². The van der Waals surface area contributed by atoms with E-state index in [9.17, 15) is 5.11 Å². The van der Waals surface area contributed by atoms with Gasteiger partial charge in [-0.1, -0.05) is 6.92 Å². The van der Waals surface area contributed by atoms with Crippen molar-refractivity contribution >= 4 is 17.6 Å². The third-order valence-corrected chi connectivity index (χ3v) is 3.05. The topological polar surface area (TPSA) is 59.1 Å². The van der Waals surface area contributed by atoms with Crippen molar-refractivity contribution in [1.29, 1.82) is 0 Å². The van der Waals surface area contributed by atoms with Gasteiger partial charge in [-0.2, -0.15) is 11.8 Å². The number of hydrogen-bond acceptors (Lipinski definition) is 4. The molecule has 15 heavy (non-hydrogen) atoms. The van der Waals surface area contributed by atoms with Crippen molar-refractivity contribution < 1.29 is 5.11 Å². The smallest absolute Gasteiger partial charge is 0.123 e. The van der Waals surface area contributed by atoms with Crippen LogP contribution >= 0.6 is 11.8 Å². The van der Waals surface area contributed by atoms with Crippen molar-refractivity contribution in [2.45, 2.75) is 25.9 Å². The van der Waals surface area contributed by atoms with E-state index in [-0.39, 0.29) is 6.10 Å². The number of hydrogen-bond donors (Lipinski definition) is 2. The van der Waals surface area contributed by atoms with Crippen LogP contribution in [-0.4, -0.2) is 27.7 Å². The van der Waals surface area contributed by atoms with Gasteiger partial charge in [-0.25, -0.2) is 4.98 Å². The van der Waals surface area contributed by atoms with Gasteiger partial charge in [0.05, 0.1) is 6.10 Å². The molecule has 1 atom stereocenters. The summed E-state index contributed by atoms with van der Waals surface area (Å²) in [7, 11) is 0. The first-order valence-electron chi connectivity index (χ1n) is 5.18. The Morgan fingerprint density at radius 1 is 1.60 bits per heavy atom. The first kappa shape index (κ1) is 12.3. The molecular weight excluding hydrogens is 208 g/mol. The summed E-state index contributed by atoms with van der Waals surface area (Å²) in [5.41, 5.74) is 6.61. The van der Waals surface area contributed by atoms with Crippen molar-refractivity contribution in [2.75, 3.05) is 17.2 Å². The maximum Gasteiger partial charge on any atom is 0.123 e. The van der Waals surface area contributed by atoms with E-state index in [4.69, 9.17) is 5.73 Å². The molecule has 0 aliphatic carbocycles. The lowest BCUT2D eigenvalue weighted by atomic mass is 10.1. The Bertz CT molecular complexity index is 294. The number of rotatable bonds is 6. The van der Waals surface area contributed by atoms with Crippen LogP contribution in [0.4, 0.5) is 5.82 Å². The van der Waals surface area contributed by atoms with E-state index in [1.165, 1.54) is 0 Å². The summed E-state index contributed by atoms with van der Waals surface area (Å²) in [5, 5.41) is 9.75. The number of nitrogens with two attached hydrogens (primary N) is 1. The lowest BCUT2D eigenvalue weighted by molar-refractivity contribution is 0.172. The number of thioether (sulfide) groups is 1. The molecule has 0 saturated heterocycles. The SMILES string of the molecule is CCSCCC(O)Cc1ccnc(N)c1. The highest BCUT2D eigenvalue weighted by Gasteiger charge is 2.05. The summed E-state index contributed by atoms with van der Waals surface area (Å²) in [5.74, 6) is 2.63. The van der Waals surface area contributed by atoms with Crippen molar-refractivity contribution in [3.8, 4) is 0 Å². The van der Waals surface area contributed by atoms with Crippen LogP contribution in [0.5, 0.6) is 0 Å². The van der Waals surface area contributed by atoms with Gasteiger partial charge in [0.15, 0.2) is 0 Å². The Hall–Kier alpha value is -0.740. The zero-order valence-electron chi connectivity index (χ0n) is 9.02. The zero-order chi connectivity index (χ0) is 11.1. The summed E-state index contributed by atoms with van der Waals surface area (Å²) >= 11 is 1.85. The summed E-state index contributed by atoms with van der Waals surface area (Å²) in [6.07, 6.45) is 2.90. The van der Waals surface area contributed by atoms with Gasteiger partial charge in [-0.05, 0) is 42.0 Å². The average Bonchev–Trinajstić information content (AvgIpc) is 2.18. The van der Waals surface area contributed by atoms with Crippen LogP contribution in [0.15, 0.2) is 18.3 Å². The van der Waals surface area contributed by atoms with Gasteiger partial charge in [0.25, 0.3) is 0 Å². The second-order valence-electron chi connectivity index (χ2n) is 3.43. The van der Waals surface area contributed by atoms with Crippen molar-refractivity contribution in [1.82, 2.24) is 4.98 Å². The number of aromatic nitrogens is 1. The molecule has 0 fully saturated rings. The molecule has 0 saturated carbocycles. The summed E-state index contributed by atoms with van der Waals surface area (Å²) < 4.78 is 0. The minimum absolute atomic E-state index is 0.272. The van der Waals surface area contributed by atoms with Crippen LogP contribution in [0.1, 0.15) is 18.9 Å². The molecule has 1 aromatic rings. The van der Waals surface area contributed by atoms with Crippen LogP contribution in [0.2, 0.25) is 0 Å². The van der Waals surface area contributed by atoms with E-state index in [0.29, 0.717) is 12.2 Å². The fourth-order valence-electron chi connectivity index (χ4n) is 1.36. The van der Waals surface area contributed by atoms with Crippen molar-refractivity contribution in [2.24, 2.45) is 0 Å². The molecule has 3 nitrogen and oxygen atoms in total. The van der Waals surface area contributed by atoms with E-state index >= 15 is 0 Å². The number of aliphatic hydroxyl groups is 1. The fourth-order valence-corrected chi connectivity index (χ4v) is 2.09. The van der Waals surface area contributed by atoms with Crippen LogP contribution in [0.25, 0.3) is 0 Å². The van der Waals surface area contributed by atoms with Crippen molar-refractivity contribution in [3.63, 3.8) is 0 Å². The fraction of sp³-hybridized carbons (Fsp3) is 0.545. The molecule has 1 aromatic heterocycles. The van der Waals surface area contributed by atoms with E-state index in [2.05, 4.69) is 11.9 Å². The highest BCUT2D eigenvalue weighted by atomic mass is 32.2. The molecule has 1 heterocycles. The summed E-state index contributed by atoms with van der Waals surface area (Å²) in [6.45, 7) is 2.13. The molecule has 0 aromatic carbocycles. The predicted molar refractivity (Wildman–Crippen MR) is 66.0 cm³/mol. The second kappa shape index (κ2) is 6.69. The largest absolute Gasteiger partial charge is 0.393 e. The van der Waals surface area contributed by atoms with Gasteiger partial charge in [-0.3, -0.25) is 0 Å². The van der Waals surface area contributed by atoms with E-state index in [1.54, 1.807) is 6.20 Å². The first-order chi connectivity index (χ1) is 7.22. The molecule has 3 N–H and O–H groups in total. The van der Waals surface area contributed by atoms with Gasteiger partial charge in [0.2, 0.25) is 0 Å². The Morgan fingerprint density at radius 2 is 2.40 bits per heavy atom.